The molecule has 0 heterocycles. The molecule has 0 unspecified atom stereocenters. The fourth-order valence-electron chi connectivity index (χ4n) is 1.68. The highest BCUT2D eigenvalue weighted by molar-refractivity contribution is 4.69. The predicted molar refractivity (Wildman–Crippen MR) is 57.9 cm³/mol. The van der Waals surface area contributed by atoms with Crippen LogP contribution in [0.15, 0.2) is 0 Å². The molecule has 0 rings (SSSR count). The molecule has 80 valence electrons. The maximum atomic E-state index is 4.98. The molecule has 13 heavy (non-hydrogen) atoms. The summed E-state index contributed by atoms with van der Waals surface area (Å²) in [4.78, 5) is 0. The van der Waals surface area contributed by atoms with Crippen LogP contribution in [0.25, 0.3) is 0 Å². The van der Waals surface area contributed by atoms with E-state index in [0.717, 1.165) is 37.5 Å². The Balaban J connectivity index is 3.58. The molecule has 0 aromatic carbocycles. The molecule has 0 fully saturated rings. The lowest BCUT2D eigenvalue weighted by Gasteiger charge is -2.25. The van der Waals surface area contributed by atoms with E-state index in [1.54, 1.807) is 7.11 Å². The van der Waals surface area contributed by atoms with Crippen LogP contribution in [0.3, 0.4) is 0 Å². The van der Waals surface area contributed by atoms with Crippen LogP contribution in [-0.2, 0) is 4.74 Å². The van der Waals surface area contributed by atoms with Gasteiger partial charge in [-0.1, -0.05) is 27.7 Å². The van der Waals surface area contributed by atoms with Gasteiger partial charge in [0.25, 0.3) is 0 Å². The van der Waals surface area contributed by atoms with Gasteiger partial charge in [-0.3, -0.25) is 0 Å². The number of rotatable bonds is 7. The van der Waals surface area contributed by atoms with E-state index in [4.69, 9.17) is 4.74 Å². The smallest absolute Gasteiger partial charge is 0.0587 e. The van der Waals surface area contributed by atoms with Gasteiger partial charge in [-0.05, 0) is 24.3 Å². The lowest BCUT2D eigenvalue weighted by atomic mass is 9.85. The molecule has 0 aliphatic heterocycles. The minimum atomic E-state index is 0.759. The third-order valence-electron chi connectivity index (χ3n) is 2.58. The normalized spacial score (nSPS) is 12.0. The summed E-state index contributed by atoms with van der Waals surface area (Å²) >= 11 is 0. The van der Waals surface area contributed by atoms with Crippen molar-refractivity contribution in [3.63, 3.8) is 0 Å². The van der Waals surface area contributed by atoms with Gasteiger partial charge in [0.2, 0.25) is 0 Å². The Bertz CT molecular complexity index is 105. The number of methoxy groups -OCH3 is 1. The molecular formula is C11H25NO. The second-order valence-corrected chi connectivity index (χ2v) is 4.35. The minimum Gasteiger partial charge on any atom is -0.383 e. The predicted octanol–water partition coefficient (Wildman–Crippen LogP) is 2.15. The Hall–Kier alpha value is -0.0800. The van der Waals surface area contributed by atoms with Crippen LogP contribution >= 0.6 is 0 Å². The Kier molecular flexibility index (Phi) is 7.29. The molecule has 0 aromatic heterocycles. The van der Waals surface area contributed by atoms with Gasteiger partial charge in [0, 0.05) is 13.7 Å². The molecule has 0 amide bonds. The Morgan fingerprint density at radius 3 is 2.00 bits per heavy atom. The van der Waals surface area contributed by atoms with Gasteiger partial charge in [-0.25, -0.2) is 0 Å². The number of ether oxygens (including phenoxy) is 1. The Labute approximate surface area is 83.1 Å². The minimum absolute atomic E-state index is 0.759. The van der Waals surface area contributed by atoms with Crippen molar-refractivity contribution in [2.75, 3.05) is 26.8 Å². The zero-order valence-corrected chi connectivity index (χ0v) is 9.76. The lowest BCUT2D eigenvalue weighted by Crippen LogP contribution is -2.31. The van der Waals surface area contributed by atoms with Crippen molar-refractivity contribution in [2.24, 2.45) is 17.8 Å². The summed E-state index contributed by atoms with van der Waals surface area (Å²) in [6.45, 7) is 12.1. The van der Waals surface area contributed by atoms with Crippen LogP contribution in [0.1, 0.15) is 27.7 Å². The molecule has 0 atom stereocenters. The van der Waals surface area contributed by atoms with E-state index in [9.17, 15) is 0 Å². The van der Waals surface area contributed by atoms with E-state index >= 15 is 0 Å². The SMILES string of the molecule is COCCNCC(C(C)C)C(C)C. The molecule has 1 N–H and O–H groups in total. The molecular weight excluding hydrogens is 162 g/mol. The topological polar surface area (TPSA) is 21.3 Å². The highest BCUT2D eigenvalue weighted by atomic mass is 16.5. The Morgan fingerprint density at radius 2 is 1.62 bits per heavy atom. The maximum Gasteiger partial charge on any atom is 0.0587 e. The monoisotopic (exact) mass is 187 g/mol. The zero-order chi connectivity index (χ0) is 10.3. The molecule has 2 nitrogen and oxygen atoms in total. The molecule has 0 spiro atoms. The van der Waals surface area contributed by atoms with Crippen LogP contribution in [0, 0.1) is 17.8 Å². The fourth-order valence-corrected chi connectivity index (χ4v) is 1.68. The Morgan fingerprint density at radius 1 is 1.08 bits per heavy atom. The van der Waals surface area contributed by atoms with Crippen LogP contribution in [0.5, 0.6) is 0 Å². The summed E-state index contributed by atoms with van der Waals surface area (Å²) in [5.74, 6) is 2.29. The molecule has 0 saturated carbocycles. The van der Waals surface area contributed by atoms with E-state index < -0.39 is 0 Å². The maximum absolute atomic E-state index is 4.98. The molecule has 0 saturated heterocycles. The van der Waals surface area contributed by atoms with Gasteiger partial charge in [0.1, 0.15) is 0 Å². The van der Waals surface area contributed by atoms with E-state index in [1.807, 2.05) is 0 Å². The first kappa shape index (κ1) is 12.9. The van der Waals surface area contributed by atoms with Gasteiger partial charge in [-0.15, -0.1) is 0 Å². The average Bonchev–Trinajstić information content (AvgIpc) is 2.02. The number of nitrogens with one attached hydrogen (secondary N) is 1. The van der Waals surface area contributed by atoms with Crippen LogP contribution in [0.2, 0.25) is 0 Å². The molecule has 0 aliphatic rings. The summed E-state index contributed by atoms with van der Waals surface area (Å²) in [6.07, 6.45) is 0. The lowest BCUT2D eigenvalue weighted by molar-refractivity contribution is 0.192. The van der Waals surface area contributed by atoms with E-state index in [-0.39, 0.29) is 0 Å². The zero-order valence-electron chi connectivity index (χ0n) is 9.76. The van der Waals surface area contributed by atoms with Crippen molar-refractivity contribution in [1.29, 1.82) is 0 Å². The first-order valence-electron chi connectivity index (χ1n) is 5.29. The molecule has 2 heteroatoms. The van der Waals surface area contributed by atoms with Crippen molar-refractivity contribution >= 4 is 0 Å². The van der Waals surface area contributed by atoms with E-state index in [0.29, 0.717) is 0 Å². The number of hydrogen-bond acceptors (Lipinski definition) is 2. The molecule has 0 radical (unpaired) electrons. The third-order valence-corrected chi connectivity index (χ3v) is 2.58. The van der Waals surface area contributed by atoms with Gasteiger partial charge < -0.3 is 10.1 Å². The molecule has 0 aliphatic carbocycles. The van der Waals surface area contributed by atoms with E-state index in [2.05, 4.69) is 33.0 Å². The number of hydrogen-bond donors (Lipinski definition) is 1. The summed E-state index contributed by atoms with van der Waals surface area (Å²) in [7, 11) is 1.74. The highest BCUT2D eigenvalue weighted by Crippen LogP contribution is 2.19. The average molecular weight is 187 g/mol. The largest absolute Gasteiger partial charge is 0.383 e. The summed E-state index contributed by atoms with van der Waals surface area (Å²) in [5, 5.41) is 3.42. The van der Waals surface area contributed by atoms with E-state index in [1.165, 1.54) is 0 Å². The van der Waals surface area contributed by atoms with Crippen LogP contribution in [-0.4, -0.2) is 26.8 Å². The molecule has 0 aromatic rings. The highest BCUT2D eigenvalue weighted by Gasteiger charge is 2.16. The van der Waals surface area contributed by atoms with Crippen LogP contribution in [0.4, 0.5) is 0 Å². The summed E-state index contributed by atoms with van der Waals surface area (Å²) in [5.41, 5.74) is 0. The van der Waals surface area contributed by atoms with Crippen molar-refractivity contribution in [3.8, 4) is 0 Å². The summed E-state index contributed by atoms with van der Waals surface area (Å²) in [6, 6.07) is 0. The van der Waals surface area contributed by atoms with Crippen molar-refractivity contribution in [2.45, 2.75) is 27.7 Å². The van der Waals surface area contributed by atoms with Gasteiger partial charge in [-0.2, -0.15) is 0 Å². The van der Waals surface area contributed by atoms with Crippen molar-refractivity contribution in [3.05, 3.63) is 0 Å². The van der Waals surface area contributed by atoms with Gasteiger partial charge in [0.05, 0.1) is 6.61 Å². The first-order valence-corrected chi connectivity index (χ1v) is 5.29. The summed E-state index contributed by atoms with van der Waals surface area (Å²) < 4.78 is 4.98. The van der Waals surface area contributed by atoms with Crippen LogP contribution < -0.4 is 5.32 Å². The van der Waals surface area contributed by atoms with Crippen molar-refractivity contribution in [1.82, 2.24) is 5.32 Å². The first-order chi connectivity index (χ1) is 6.09. The third kappa shape index (κ3) is 6.05. The second kappa shape index (κ2) is 7.34. The quantitative estimate of drug-likeness (QED) is 0.617. The fraction of sp³-hybridized carbons (Fsp3) is 1.00. The molecule has 0 bridgehead atoms. The second-order valence-electron chi connectivity index (χ2n) is 4.35. The van der Waals surface area contributed by atoms with Gasteiger partial charge >= 0.3 is 0 Å². The van der Waals surface area contributed by atoms with Crippen molar-refractivity contribution < 1.29 is 4.74 Å². The standard InChI is InChI=1S/C11H25NO/c1-9(2)11(10(3)4)8-12-6-7-13-5/h9-12H,6-8H2,1-5H3. The van der Waals surface area contributed by atoms with Gasteiger partial charge in [0.15, 0.2) is 0 Å².